The van der Waals surface area contributed by atoms with Gasteiger partial charge in [-0.2, -0.15) is 5.06 Å². The SMILES string of the molecule is CC(Cn1ccc2c1C(=O)N(Cc1ccccc1)CCC2=O)N(O)C(C)(C)C. The average Bonchev–Trinajstić information content (AvgIpc) is 3.02. The van der Waals surface area contributed by atoms with Crippen LogP contribution in [0.25, 0.3) is 0 Å². The van der Waals surface area contributed by atoms with Crippen LogP contribution in [0.5, 0.6) is 0 Å². The van der Waals surface area contributed by atoms with Crippen molar-refractivity contribution in [3.05, 3.63) is 59.4 Å². The van der Waals surface area contributed by atoms with Gasteiger partial charge in [0.2, 0.25) is 0 Å². The predicted octanol–water partition coefficient (Wildman–Crippen LogP) is 3.60. The lowest BCUT2D eigenvalue weighted by Gasteiger charge is -2.35. The number of carbonyl (C=O) groups is 2. The van der Waals surface area contributed by atoms with Crippen molar-refractivity contribution in [3.8, 4) is 0 Å². The quantitative estimate of drug-likeness (QED) is 0.802. The lowest BCUT2D eigenvalue weighted by molar-refractivity contribution is -0.185. The number of nitrogens with zero attached hydrogens (tertiary/aromatic N) is 3. The van der Waals surface area contributed by atoms with Gasteiger partial charge < -0.3 is 14.7 Å². The molecule has 150 valence electrons. The Bertz CT molecular complexity index is 852. The average molecular weight is 383 g/mol. The maximum absolute atomic E-state index is 13.3. The van der Waals surface area contributed by atoms with Crippen LogP contribution < -0.4 is 0 Å². The predicted molar refractivity (Wildman–Crippen MR) is 107 cm³/mol. The van der Waals surface area contributed by atoms with E-state index < -0.39 is 5.54 Å². The van der Waals surface area contributed by atoms with Crippen molar-refractivity contribution in [1.29, 1.82) is 0 Å². The Morgan fingerprint density at radius 3 is 2.46 bits per heavy atom. The molecule has 0 aliphatic carbocycles. The van der Waals surface area contributed by atoms with Crippen LogP contribution in [0.15, 0.2) is 42.6 Å². The number of hydroxylamine groups is 2. The summed E-state index contributed by atoms with van der Waals surface area (Å²) in [5, 5.41) is 11.7. The van der Waals surface area contributed by atoms with E-state index in [0.717, 1.165) is 5.56 Å². The second-order valence-electron chi connectivity index (χ2n) is 8.48. The fourth-order valence-electron chi connectivity index (χ4n) is 3.69. The second kappa shape index (κ2) is 7.89. The number of fused-ring (bicyclic) bond motifs is 1. The summed E-state index contributed by atoms with van der Waals surface area (Å²) in [7, 11) is 0. The molecule has 1 aliphatic rings. The molecule has 1 aromatic heterocycles. The molecule has 0 spiro atoms. The first-order valence-corrected chi connectivity index (χ1v) is 9.72. The number of aromatic nitrogens is 1. The third kappa shape index (κ3) is 4.18. The molecule has 1 N–H and O–H groups in total. The largest absolute Gasteiger partial charge is 0.341 e. The Hall–Kier alpha value is -2.44. The van der Waals surface area contributed by atoms with Crippen molar-refractivity contribution in [2.45, 2.75) is 58.8 Å². The van der Waals surface area contributed by atoms with Crippen molar-refractivity contribution >= 4 is 11.7 Å². The molecule has 1 unspecified atom stereocenters. The number of carbonyl (C=O) groups excluding carboxylic acids is 2. The van der Waals surface area contributed by atoms with Gasteiger partial charge in [-0.3, -0.25) is 9.59 Å². The molecule has 0 saturated heterocycles. The van der Waals surface area contributed by atoms with Crippen LogP contribution >= 0.6 is 0 Å². The smallest absolute Gasteiger partial charge is 0.271 e. The zero-order valence-corrected chi connectivity index (χ0v) is 17.1. The van der Waals surface area contributed by atoms with Crippen LogP contribution in [0, 0.1) is 0 Å². The van der Waals surface area contributed by atoms with Crippen molar-refractivity contribution in [2.24, 2.45) is 0 Å². The molecular weight excluding hydrogens is 354 g/mol. The maximum atomic E-state index is 13.3. The first-order valence-electron chi connectivity index (χ1n) is 9.72. The van der Waals surface area contributed by atoms with E-state index in [2.05, 4.69) is 0 Å². The lowest BCUT2D eigenvalue weighted by Crippen LogP contribution is -2.46. The molecule has 1 aliphatic heterocycles. The summed E-state index contributed by atoms with van der Waals surface area (Å²) in [5.41, 5.74) is 1.52. The summed E-state index contributed by atoms with van der Waals surface area (Å²) >= 11 is 0. The summed E-state index contributed by atoms with van der Waals surface area (Å²) in [4.78, 5) is 27.6. The zero-order valence-electron chi connectivity index (χ0n) is 17.1. The normalized spacial score (nSPS) is 16.3. The van der Waals surface area contributed by atoms with Gasteiger partial charge in [0.15, 0.2) is 5.78 Å². The molecule has 1 amide bonds. The number of ketones is 1. The summed E-state index contributed by atoms with van der Waals surface area (Å²) in [6, 6.07) is 11.3. The molecule has 3 rings (SSSR count). The molecule has 28 heavy (non-hydrogen) atoms. The van der Waals surface area contributed by atoms with Gasteiger partial charge in [0.1, 0.15) is 5.69 Å². The fraction of sp³-hybridized carbons (Fsp3) is 0.455. The molecule has 6 nitrogen and oxygen atoms in total. The molecule has 1 aromatic carbocycles. The van der Waals surface area contributed by atoms with Crippen LogP contribution in [-0.2, 0) is 13.1 Å². The Kier molecular flexibility index (Phi) is 5.72. The number of amides is 1. The van der Waals surface area contributed by atoms with Gasteiger partial charge in [-0.05, 0) is 39.3 Å². The van der Waals surface area contributed by atoms with Gasteiger partial charge in [-0.25, -0.2) is 0 Å². The standard InChI is InChI=1S/C22H29N3O3/c1-16(25(28)22(2,3)4)14-23-12-10-18-19(26)11-13-24(21(27)20(18)23)15-17-8-6-5-7-9-17/h5-10,12,16,28H,11,13-15H2,1-4H3. The highest BCUT2D eigenvalue weighted by atomic mass is 16.5. The molecule has 0 saturated carbocycles. The highest BCUT2D eigenvalue weighted by molar-refractivity contribution is 6.09. The highest BCUT2D eigenvalue weighted by Gasteiger charge is 2.32. The van der Waals surface area contributed by atoms with Crippen molar-refractivity contribution < 1.29 is 14.8 Å². The molecular formula is C22H29N3O3. The minimum atomic E-state index is -0.414. The summed E-state index contributed by atoms with van der Waals surface area (Å²) in [6.07, 6.45) is 2.10. The Morgan fingerprint density at radius 1 is 1.14 bits per heavy atom. The number of rotatable bonds is 5. The number of Topliss-reactive ketones (excluding diaryl/α,β-unsaturated/α-hetero) is 1. The van der Waals surface area contributed by atoms with Gasteiger partial charge in [0.05, 0.1) is 6.04 Å². The van der Waals surface area contributed by atoms with E-state index in [1.54, 1.807) is 21.7 Å². The lowest BCUT2D eigenvalue weighted by atomic mass is 10.1. The molecule has 1 atom stereocenters. The monoisotopic (exact) mass is 383 g/mol. The van der Waals surface area contributed by atoms with Gasteiger partial charge in [-0.15, -0.1) is 0 Å². The first kappa shape index (κ1) is 20.3. The van der Waals surface area contributed by atoms with E-state index in [1.807, 2.05) is 58.0 Å². The maximum Gasteiger partial charge on any atom is 0.271 e. The van der Waals surface area contributed by atoms with Gasteiger partial charge in [-0.1, -0.05) is 30.3 Å². The first-order chi connectivity index (χ1) is 13.2. The van der Waals surface area contributed by atoms with Crippen molar-refractivity contribution in [2.75, 3.05) is 6.54 Å². The number of benzene rings is 1. The second-order valence-corrected chi connectivity index (χ2v) is 8.48. The van der Waals surface area contributed by atoms with E-state index in [-0.39, 0.29) is 17.7 Å². The van der Waals surface area contributed by atoms with Crippen LogP contribution in [0.4, 0.5) is 0 Å². The Balaban J connectivity index is 1.88. The van der Waals surface area contributed by atoms with E-state index in [0.29, 0.717) is 37.3 Å². The molecule has 0 bridgehead atoms. The van der Waals surface area contributed by atoms with Gasteiger partial charge in [0.25, 0.3) is 5.91 Å². The summed E-state index contributed by atoms with van der Waals surface area (Å²) in [5.74, 6) is -0.149. The Labute approximate surface area is 166 Å². The number of hydrogen-bond acceptors (Lipinski definition) is 4. The van der Waals surface area contributed by atoms with Crippen LogP contribution in [0.3, 0.4) is 0 Å². The zero-order chi connectivity index (χ0) is 20.5. The van der Waals surface area contributed by atoms with E-state index in [4.69, 9.17) is 0 Å². The molecule has 2 aromatic rings. The molecule has 2 heterocycles. The summed E-state index contributed by atoms with van der Waals surface area (Å²) in [6.45, 7) is 8.98. The van der Waals surface area contributed by atoms with E-state index >= 15 is 0 Å². The highest BCUT2D eigenvalue weighted by Crippen LogP contribution is 2.23. The van der Waals surface area contributed by atoms with Crippen molar-refractivity contribution in [1.82, 2.24) is 14.5 Å². The minimum absolute atomic E-state index is 0.0120. The third-order valence-corrected chi connectivity index (χ3v) is 5.14. The van der Waals surface area contributed by atoms with Crippen LogP contribution in [0.2, 0.25) is 0 Å². The molecule has 0 radical (unpaired) electrons. The fourth-order valence-corrected chi connectivity index (χ4v) is 3.69. The Morgan fingerprint density at radius 2 is 1.82 bits per heavy atom. The van der Waals surface area contributed by atoms with Gasteiger partial charge in [0, 0.05) is 43.4 Å². The van der Waals surface area contributed by atoms with Crippen molar-refractivity contribution in [3.63, 3.8) is 0 Å². The minimum Gasteiger partial charge on any atom is -0.341 e. The van der Waals surface area contributed by atoms with Crippen LogP contribution in [-0.4, -0.2) is 49.6 Å². The third-order valence-electron chi connectivity index (χ3n) is 5.14. The van der Waals surface area contributed by atoms with E-state index in [9.17, 15) is 14.8 Å². The topological polar surface area (TPSA) is 65.8 Å². The molecule has 0 fully saturated rings. The number of hydrogen-bond donors (Lipinski definition) is 1. The van der Waals surface area contributed by atoms with Gasteiger partial charge >= 0.3 is 0 Å². The van der Waals surface area contributed by atoms with Crippen LogP contribution in [0.1, 0.15) is 60.5 Å². The molecule has 6 heteroatoms. The summed E-state index contributed by atoms with van der Waals surface area (Å²) < 4.78 is 1.80. The van der Waals surface area contributed by atoms with E-state index in [1.165, 1.54) is 5.06 Å².